The van der Waals surface area contributed by atoms with Gasteiger partial charge < -0.3 is 15.6 Å². The summed E-state index contributed by atoms with van der Waals surface area (Å²) < 4.78 is 30.1. The monoisotopic (exact) mass is 250 g/mol. The topological polar surface area (TPSA) is 130 Å². The lowest BCUT2D eigenvalue weighted by Crippen LogP contribution is -2.34. The Morgan fingerprint density at radius 2 is 2.44 bits per heavy atom. The number of ether oxygens (including phenoxy) is 1. The predicted molar refractivity (Wildman–Crippen MR) is 56.1 cm³/mol. The Kier molecular flexibility index (Phi) is 4.24. The second-order valence-electron chi connectivity index (χ2n) is 3.11. The van der Waals surface area contributed by atoms with Crippen LogP contribution in [0.4, 0.5) is 5.82 Å². The van der Waals surface area contributed by atoms with Crippen molar-refractivity contribution in [1.29, 1.82) is 0 Å². The summed E-state index contributed by atoms with van der Waals surface area (Å²) >= 11 is 0. The van der Waals surface area contributed by atoms with Crippen LogP contribution in [0.1, 0.15) is 0 Å². The molecule has 1 aromatic heterocycles. The number of sulfonamides is 1. The Morgan fingerprint density at radius 3 is 2.94 bits per heavy atom. The third-order valence-corrected chi connectivity index (χ3v) is 3.24. The van der Waals surface area contributed by atoms with Gasteiger partial charge >= 0.3 is 0 Å². The minimum Gasteiger partial charge on any atom is -0.389 e. The molecule has 5 N–H and O–H groups in total. The number of aliphatic hydroxyl groups excluding tert-OH is 1. The average molecular weight is 250 g/mol. The molecule has 0 aliphatic heterocycles. The van der Waals surface area contributed by atoms with Crippen LogP contribution in [0, 0.1) is 0 Å². The highest BCUT2D eigenvalue weighted by Gasteiger charge is 2.20. The van der Waals surface area contributed by atoms with Gasteiger partial charge in [-0.3, -0.25) is 5.10 Å². The normalized spacial score (nSPS) is 13.9. The molecule has 9 heteroatoms. The van der Waals surface area contributed by atoms with Crippen LogP contribution in [0.2, 0.25) is 0 Å². The Morgan fingerprint density at radius 1 is 1.75 bits per heavy atom. The van der Waals surface area contributed by atoms with Gasteiger partial charge in [0.05, 0.1) is 18.9 Å². The fraction of sp³-hybridized carbons (Fsp3) is 0.571. The molecule has 0 bridgehead atoms. The Bertz CT molecular complexity index is 429. The molecular formula is C7H14N4O4S. The van der Waals surface area contributed by atoms with E-state index in [0.717, 1.165) is 6.20 Å². The zero-order valence-electron chi connectivity index (χ0n) is 8.67. The smallest absolute Gasteiger partial charge is 0.245 e. The van der Waals surface area contributed by atoms with E-state index in [1.807, 2.05) is 0 Å². The van der Waals surface area contributed by atoms with Crippen LogP contribution in [0.15, 0.2) is 11.1 Å². The van der Waals surface area contributed by atoms with E-state index in [1.54, 1.807) is 0 Å². The van der Waals surface area contributed by atoms with Gasteiger partial charge in [-0.05, 0) is 0 Å². The van der Waals surface area contributed by atoms with Crippen molar-refractivity contribution in [3.63, 3.8) is 0 Å². The van der Waals surface area contributed by atoms with Crippen LogP contribution >= 0.6 is 0 Å². The van der Waals surface area contributed by atoms with E-state index in [-0.39, 0.29) is 23.9 Å². The molecule has 8 nitrogen and oxygen atoms in total. The van der Waals surface area contributed by atoms with E-state index in [1.165, 1.54) is 7.11 Å². The Labute approximate surface area is 92.8 Å². The second kappa shape index (κ2) is 5.25. The average Bonchev–Trinajstić information content (AvgIpc) is 2.63. The third-order valence-electron chi connectivity index (χ3n) is 1.79. The summed E-state index contributed by atoms with van der Waals surface area (Å²) in [7, 11) is -2.34. The molecule has 0 aliphatic rings. The summed E-state index contributed by atoms with van der Waals surface area (Å²) in [5, 5.41) is 15.1. The van der Waals surface area contributed by atoms with Gasteiger partial charge in [-0.25, -0.2) is 13.1 Å². The summed E-state index contributed by atoms with van der Waals surface area (Å²) in [4.78, 5) is -0.142. The van der Waals surface area contributed by atoms with Crippen LogP contribution in [-0.2, 0) is 14.8 Å². The highest BCUT2D eigenvalue weighted by Crippen LogP contribution is 2.13. The lowest BCUT2D eigenvalue weighted by Gasteiger charge is -2.10. The highest BCUT2D eigenvalue weighted by atomic mass is 32.2. The largest absolute Gasteiger partial charge is 0.389 e. The number of nitrogens with one attached hydrogen (secondary N) is 2. The number of anilines is 1. The molecule has 92 valence electrons. The van der Waals surface area contributed by atoms with E-state index < -0.39 is 16.1 Å². The van der Waals surface area contributed by atoms with Crippen molar-refractivity contribution >= 4 is 15.8 Å². The van der Waals surface area contributed by atoms with Crippen molar-refractivity contribution < 1.29 is 18.3 Å². The number of methoxy groups -OCH3 is 1. The van der Waals surface area contributed by atoms with Crippen molar-refractivity contribution in [2.24, 2.45) is 0 Å². The van der Waals surface area contributed by atoms with Gasteiger partial charge in [-0.2, -0.15) is 5.10 Å². The van der Waals surface area contributed by atoms with Crippen molar-refractivity contribution in [3.8, 4) is 0 Å². The van der Waals surface area contributed by atoms with E-state index >= 15 is 0 Å². The molecule has 1 aromatic rings. The molecule has 0 fully saturated rings. The number of aliphatic hydroxyl groups is 1. The highest BCUT2D eigenvalue weighted by molar-refractivity contribution is 7.89. The number of nitrogens with two attached hydrogens (primary N) is 1. The summed E-state index contributed by atoms with van der Waals surface area (Å²) in [6, 6.07) is 0. The number of nitrogens with zero attached hydrogens (tertiary/aromatic N) is 1. The number of hydrogen-bond acceptors (Lipinski definition) is 6. The molecule has 1 unspecified atom stereocenters. The van der Waals surface area contributed by atoms with Gasteiger partial charge in [0.2, 0.25) is 10.0 Å². The van der Waals surface area contributed by atoms with Crippen molar-refractivity contribution in [2.75, 3.05) is 26.0 Å². The molecule has 0 saturated heterocycles. The Balaban J connectivity index is 2.63. The molecule has 0 aromatic carbocycles. The molecule has 16 heavy (non-hydrogen) atoms. The minimum absolute atomic E-state index is 0.0450. The van der Waals surface area contributed by atoms with Crippen molar-refractivity contribution in [3.05, 3.63) is 6.20 Å². The van der Waals surface area contributed by atoms with E-state index in [0.29, 0.717) is 0 Å². The maximum Gasteiger partial charge on any atom is 0.245 e. The standard InChI is InChI=1S/C7H14N4O4S/c1-15-4-5(12)2-10-16(13,14)6-3-9-11-7(6)8/h3,5,10,12H,2,4H2,1H3,(H3,8,9,11). The molecule has 1 rings (SSSR count). The third kappa shape index (κ3) is 3.17. The van der Waals surface area contributed by atoms with Gasteiger partial charge in [0.1, 0.15) is 10.7 Å². The summed E-state index contributed by atoms with van der Waals surface area (Å²) in [5.74, 6) is -0.0475. The Hall–Kier alpha value is -1.16. The molecule has 0 radical (unpaired) electrons. The lowest BCUT2D eigenvalue weighted by atomic mass is 10.4. The summed E-state index contributed by atoms with van der Waals surface area (Å²) in [6.45, 7) is -0.107. The van der Waals surface area contributed by atoms with Gasteiger partial charge in [0.25, 0.3) is 0 Å². The van der Waals surface area contributed by atoms with Crippen molar-refractivity contribution in [1.82, 2.24) is 14.9 Å². The number of aromatic amines is 1. The maximum atomic E-state index is 11.6. The molecule has 0 spiro atoms. The molecule has 1 heterocycles. The van der Waals surface area contributed by atoms with Gasteiger partial charge in [-0.15, -0.1) is 0 Å². The fourth-order valence-electron chi connectivity index (χ4n) is 1.03. The second-order valence-corrected chi connectivity index (χ2v) is 4.84. The predicted octanol–water partition coefficient (Wildman–Crippen LogP) is -1.72. The maximum absolute atomic E-state index is 11.6. The first-order valence-corrected chi connectivity index (χ1v) is 5.91. The zero-order chi connectivity index (χ0) is 12.2. The first-order valence-electron chi connectivity index (χ1n) is 4.43. The van der Waals surface area contributed by atoms with E-state index in [9.17, 15) is 13.5 Å². The number of H-pyrrole nitrogens is 1. The summed E-state index contributed by atoms with van der Waals surface area (Å²) in [5.41, 5.74) is 5.37. The van der Waals surface area contributed by atoms with Crippen LogP contribution in [-0.4, -0.2) is 50.1 Å². The SMILES string of the molecule is COCC(O)CNS(=O)(=O)c1cn[nH]c1N. The van der Waals surface area contributed by atoms with E-state index in [4.69, 9.17) is 5.73 Å². The number of aromatic nitrogens is 2. The molecule has 0 saturated carbocycles. The van der Waals surface area contributed by atoms with Crippen LogP contribution < -0.4 is 10.5 Å². The molecule has 1 atom stereocenters. The zero-order valence-corrected chi connectivity index (χ0v) is 9.49. The fourth-order valence-corrected chi connectivity index (χ4v) is 2.13. The first-order chi connectivity index (χ1) is 7.47. The van der Waals surface area contributed by atoms with E-state index in [2.05, 4.69) is 19.7 Å². The quantitative estimate of drug-likeness (QED) is 0.475. The minimum atomic E-state index is -3.75. The number of nitrogen functional groups attached to an aromatic ring is 1. The number of hydrogen-bond donors (Lipinski definition) is 4. The van der Waals surface area contributed by atoms with Crippen LogP contribution in [0.3, 0.4) is 0 Å². The molecule has 0 amide bonds. The first kappa shape index (κ1) is 12.9. The van der Waals surface area contributed by atoms with Crippen molar-refractivity contribution in [2.45, 2.75) is 11.0 Å². The van der Waals surface area contributed by atoms with Crippen LogP contribution in [0.25, 0.3) is 0 Å². The molecule has 0 aliphatic carbocycles. The number of rotatable bonds is 6. The van der Waals surface area contributed by atoms with Crippen LogP contribution in [0.5, 0.6) is 0 Å². The van der Waals surface area contributed by atoms with Gasteiger partial charge in [-0.1, -0.05) is 0 Å². The molecular weight excluding hydrogens is 236 g/mol. The van der Waals surface area contributed by atoms with Gasteiger partial charge in [0, 0.05) is 13.7 Å². The summed E-state index contributed by atoms with van der Waals surface area (Å²) in [6.07, 6.45) is 0.188. The van der Waals surface area contributed by atoms with Gasteiger partial charge in [0.15, 0.2) is 0 Å². The lowest BCUT2D eigenvalue weighted by molar-refractivity contribution is 0.0679.